The molecule has 0 spiro atoms. The Kier molecular flexibility index (Phi) is 4.12. The number of carbonyl (C=O) groups is 1. The van der Waals surface area contributed by atoms with Crippen molar-refractivity contribution in [1.82, 2.24) is 9.55 Å². The van der Waals surface area contributed by atoms with E-state index in [0.717, 1.165) is 22.4 Å². The summed E-state index contributed by atoms with van der Waals surface area (Å²) in [5.74, 6) is 1.22. The van der Waals surface area contributed by atoms with Crippen molar-refractivity contribution < 1.29 is 19.4 Å². The van der Waals surface area contributed by atoms with Gasteiger partial charge in [-0.15, -0.1) is 0 Å². The van der Waals surface area contributed by atoms with Crippen molar-refractivity contribution in [2.75, 3.05) is 14.2 Å². The van der Waals surface area contributed by atoms with Gasteiger partial charge in [-0.05, 0) is 24.6 Å². The van der Waals surface area contributed by atoms with Gasteiger partial charge in [0, 0.05) is 18.7 Å². The van der Waals surface area contributed by atoms with Gasteiger partial charge in [-0.25, -0.2) is 9.78 Å². The summed E-state index contributed by atoms with van der Waals surface area (Å²) >= 11 is 0. The summed E-state index contributed by atoms with van der Waals surface area (Å²) in [4.78, 5) is 15.5. The molecule has 0 saturated carbocycles. The van der Waals surface area contributed by atoms with Crippen LogP contribution in [0.2, 0.25) is 0 Å². The first-order chi connectivity index (χ1) is 11.5. The Bertz CT molecular complexity index is 898. The van der Waals surface area contributed by atoms with Crippen LogP contribution >= 0.6 is 0 Å². The number of aromatic carboxylic acids is 1. The van der Waals surface area contributed by atoms with Crippen LogP contribution in [0, 0.1) is 6.92 Å². The topological polar surface area (TPSA) is 73.6 Å². The minimum absolute atomic E-state index is 0.275. The largest absolute Gasteiger partial charge is 0.493 e. The quantitative estimate of drug-likeness (QED) is 0.780. The van der Waals surface area contributed by atoms with Crippen LogP contribution in [0.4, 0.5) is 0 Å². The first-order valence-electron chi connectivity index (χ1n) is 7.44. The second kappa shape index (κ2) is 6.23. The third-order valence-corrected chi connectivity index (χ3v) is 3.99. The van der Waals surface area contributed by atoms with Crippen molar-refractivity contribution in [3.63, 3.8) is 0 Å². The minimum Gasteiger partial charge on any atom is -0.493 e. The van der Waals surface area contributed by atoms with Crippen molar-refractivity contribution >= 4 is 17.0 Å². The molecule has 1 N–H and O–H groups in total. The Morgan fingerprint density at radius 3 is 2.33 bits per heavy atom. The first-order valence-corrected chi connectivity index (χ1v) is 7.44. The number of nitrogens with zero attached hydrogens (tertiary/aromatic N) is 2. The van der Waals surface area contributed by atoms with Crippen molar-refractivity contribution in [2.24, 2.45) is 0 Å². The van der Waals surface area contributed by atoms with Crippen LogP contribution in [-0.2, 0) is 6.54 Å². The molecule has 0 atom stereocenters. The van der Waals surface area contributed by atoms with Gasteiger partial charge in [0.1, 0.15) is 5.82 Å². The van der Waals surface area contributed by atoms with E-state index in [0.29, 0.717) is 18.0 Å². The molecule has 0 fully saturated rings. The fraction of sp³-hybridized carbons (Fsp3) is 0.222. The second-order valence-corrected chi connectivity index (χ2v) is 5.44. The summed E-state index contributed by atoms with van der Waals surface area (Å²) in [6, 6.07) is 10.6. The van der Waals surface area contributed by atoms with Crippen LogP contribution in [0.25, 0.3) is 11.0 Å². The molecule has 0 aliphatic carbocycles. The molecule has 0 saturated heterocycles. The number of rotatable bonds is 5. The van der Waals surface area contributed by atoms with Crippen LogP contribution in [0.5, 0.6) is 11.5 Å². The number of fused-ring (bicyclic) bond motifs is 1. The van der Waals surface area contributed by atoms with Crippen LogP contribution in [-0.4, -0.2) is 34.8 Å². The molecule has 0 bridgehead atoms. The minimum atomic E-state index is -0.928. The van der Waals surface area contributed by atoms with Crippen molar-refractivity contribution in [2.45, 2.75) is 13.5 Å². The lowest BCUT2D eigenvalue weighted by molar-refractivity contribution is 0.0697. The fourth-order valence-electron chi connectivity index (χ4n) is 2.71. The maximum Gasteiger partial charge on any atom is 0.335 e. The number of carboxylic acids is 1. The molecule has 1 heterocycles. The smallest absolute Gasteiger partial charge is 0.335 e. The number of hydrogen-bond acceptors (Lipinski definition) is 4. The van der Waals surface area contributed by atoms with Crippen LogP contribution in [0.15, 0.2) is 36.4 Å². The van der Waals surface area contributed by atoms with Crippen LogP contribution in [0.1, 0.15) is 21.7 Å². The molecule has 0 radical (unpaired) electrons. The lowest BCUT2D eigenvalue weighted by Crippen LogP contribution is -2.03. The van der Waals surface area contributed by atoms with Gasteiger partial charge >= 0.3 is 5.97 Å². The summed E-state index contributed by atoms with van der Waals surface area (Å²) in [5.41, 5.74) is 3.04. The molecule has 6 nitrogen and oxygen atoms in total. The highest BCUT2D eigenvalue weighted by molar-refractivity contribution is 5.87. The Morgan fingerprint density at radius 1 is 1.12 bits per heavy atom. The van der Waals surface area contributed by atoms with E-state index in [9.17, 15) is 4.79 Å². The summed E-state index contributed by atoms with van der Waals surface area (Å²) in [6.07, 6.45) is 0. The molecule has 6 heteroatoms. The molecule has 24 heavy (non-hydrogen) atoms. The molecular weight excluding hydrogens is 308 g/mol. The van der Waals surface area contributed by atoms with Gasteiger partial charge in [0.05, 0.1) is 30.8 Å². The van der Waals surface area contributed by atoms with E-state index in [1.807, 2.05) is 31.2 Å². The third-order valence-electron chi connectivity index (χ3n) is 3.99. The zero-order chi connectivity index (χ0) is 17.3. The Labute approximate surface area is 139 Å². The molecule has 3 aromatic rings. The number of aryl methyl sites for hydroxylation is 1. The maximum absolute atomic E-state index is 10.9. The van der Waals surface area contributed by atoms with Gasteiger partial charge in [-0.2, -0.15) is 0 Å². The van der Waals surface area contributed by atoms with Crippen molar-refractivity contribution in [3.05, 3.63) is 53.3 Å². The predicted molar refractivity (Wildman–Crippen MR) is 90.1 cm³/mol. The molecule has 0 amide bonds. The second-order valence-electron chi connectivity index (χ2n) is 5.44. The summed E-state index contributed by atoms with van der Waals surface area (Å²) in [7, 11) is 3.19. The van der Waals surface area contributed by atoms with Crippen LogP contribution < -0.4 is 9.47 Å². The van der Waals surface area contributed by atoms with E-state index in [2.05, 4.69) is 9.55 Å². The highest BCUT2D eigenvalue weighted by Crippen LogP contribution is 2.32. The van der Waals surface area contributed by atoms with E-state index in [1.165, 1.54) is 0 Å². The van der Waals surface area contributed by atoms with Gasteiger partial charge < -0.3 is 19.1 Å². The highest BCUT2D eigenvalue weighted by Gasteiger charge is 2.13. The molecule has 124 valence electrons. The van der Waals surface area contributed by atoms with Gasteiger partial charge in [-0.1, -0.05) is 12.1 Å². The molecule has 0 aliphatic heterocycles. The molecule has 2 aromatic carbocycles. The van der Waals surface area contributed by atoms with Gasteiger partial charge in [0.25, 0.3) is 0 Å². The number of aromatic nitrogens is 2. The summed E-state index contributed by atoms with van der Waals surface area (Å²) in [6.45, 7) is 2.53. The van der Waals surface area contributed by atoms with Gasteiger partial charge in [0.2, 0.25) is 0 Å². The van der Waals surface area contributed by atoms with E-state index in [-0.39, 0.29) is 5.56 Å². The van der Waals surface area contributed by atoms with Gasteiger partial charge in [0.15, 0.2) is 11.5 Å². The van der Waals surface area contributed by atoms with Crippen molar-refractivity contribution in [3.8, 4) is 11.5 Å². The standard InChI is InChI=1S/C18H18N2O4/c1-11-19-14-8-16(23-2)17(24-3)9-15(14)20(11)10-12-4-6-13(7-5-12)18(21)22/h4-9H,10H2,1-3H3,(H,21,22). The Morgan fingerprint density at radius 2 is 1.75 bits per heavy atom. The van der Waals surface area contributed by atoms with E-state index >= 15 is 0 Å². The molecule has 3 rings (SSSR count). The van der Waals surface area contributed by atoms with E-state index in [4.69, 9.17) is 14.6 Å². The normalized spacial score (nSPS) is 10.8. The zero-order valence-corrected chi connectivity index (χ0v) is 13.7. The monoisotopic (exact) mass is 326 g/mol. The molecule has 0 unspecified atom stereocenters. The van der Waals surface area contributed by atoms with Crippen LogP contribution in [0.3, 0.4) is 0 Å². The Balaban J connectivity index is 2.02. The molecular formula is C18H18N2O4. The lowest BCUT2D eigenvalue weighted by atomic mass is 10.1. The number of methoxy groups -OCH3 is 2. The van der Waals surface area contributed by atoms with Gasteiger partial charge in [-0.3, -0.25) is 0 Å². The van der Waals surface area contributed by atoms with E-state index < -0.39 is 5.97 Å². The molecule has 0 aliphatic rings. The highest BCUT2D eigenvalue weighted by atomic mass is 16.5. The Hall–Kier alpha value is -3.02. The SMILES string of the molecule is COc1cc2nc(C)n(Cc3ccc(C(=O)O)cc3)c2cc1OC. The lowest BCUT2D eigenvalue weighted by Gasteiger charge is -2.10. The number of benzene rings is 2. The summed E-state index contributed by atoms with van der Waals surface area (Å²) < 4.78 is 12.7. The number of hydrogen-bond donors (Lipinski definition) is 1. The average Bonchev–Trinajstić information content (AvgIpc) is 2.88. The molecule has 1 aromatic heterocycles. The first kappa shape index (κ1) is 15.9. The average molecular weight is 326 g/mol. The number of imidazole rings is 1. The van der Waals surface area contributed by atoms with E-state index in [1.54, 1.807) is 26.4 Å². The van der Waals surface area contributed by atoms with Crippen molar-refractivity contribution in [1.29, 1.82) is 0 Å². The predicted octanol–water partition coefficient (Wildman–Crippen LogP) is 3.11. The maximum atomic E-state index is 10.9. The fourth-order valence-corrected chi connectivity index (χ4v) is 2.71. The number of ether oxygens (including phenoxy) is 2. The summed E-state index contributed by atoms with van der Waals surface area (Å²) in [5, 5.41) is 8.98. The zero-order valence-electron chi connectivity index (χ0n) is 13.7. The third kappa shape index (κ3) is 2.78. The number of carboxylic acid groups (broad SMARTS) is 1.